The average Bonchev–Trinajstić information content (AvgIpc) is 3.20. The number of carbonyl (C=O) groups is 1. The van der Waals surface area contributed by atoms with Crippen LogP contribution in [0.3, 0.4) is 0 Å². The Bertz CT molecular complexity index is 1070. The molecule has 2 N–H and O–H groups in total. The molecule has 1 atom stereocenters. The van der Waals surface area contributed by atoms with Crippen LogP contribution in [0.15, 0.2) is 40.8 Å². The SMILES string of the molecule is CC(NC(=S)NC(=O)/C=C/c1ccc(-c2ccc(Cl)cc2Cl)o1)C12CC3CC(CC(C3)C1)C2. The fraction of sp³-hybridized carbons (Fsp3) is 0.462. The Labute approximate surface area is 210 Å². The summed E-state index contributed by atoms with van der Waals surface area (Å²) in [4.78, 5) is 12.4. The average molecular weight is 503 g/mol. The molecule has 1 amide bonds. The highest BCUT2D eigenvalue weighted by Gasteiger charge is 2.53. The fourth-order valence-electron chi connectivity index (χ4n) is 6.68. The van der Waals surface area contributed by atoms with Crippen molar-refractivity contribution in [1.82, 2.24) is 10.6 Å². The number of benzene rings is 1. The minimum atomic E-state index is -0.285. The maximum Gasteiger partial charge on any atom is 0.250 e. The van der Waals surface area contributed by atoms with Gasteiger partial charge in [-0.2, -0.15) is 0 Å². The van der Waals surface area contributed by atoms with E-state index >= 15 is 0 Å². The molecule has 1 aromatic heterocycles. The van der Waals surface area contributed by atoms with Crippen molar-refractivity contribution in [2.75, 3.05) is 0 Å². The summed E-state index contributed by atoms with van der Waals surface area (Å²) < 4.78 is 5.81. The Morgan fingerprint density at radius 1 is 1.12 bits per heavy atom. The van der Waals surface area contributed by atoms with Gasteiger partial charge in [0.2, 0.25) is 5.91 Å². The minimum absolute atomic E-state index is 0.263. The van der Waals surface area contributed by atoms with Gasteiger partial charge in [-0.3, -0.25) is 10.1 Å². The van der Waals surface area contributed by atoms with Gasteiger partial charge in [-0.15, -0.1) is 0 Å². The number of thiocarbonyl (C=S) groups is 1. The molecule has 6 rings (SSSR count). The lowest BCUT2D eigenvalue weighted by Gasteiger charge is -2.59. The van der Waals surface area contributed by atoms with Gasteiger partial charge in [0.1, 0.15) is 11.5 Å². The molecule has 4 fully saturated rings. The lowest BCUT2D eigenvalue weighted by molar-refractivity contribution is -0.115. The van der Waals surface area contributed by atoms with Crippen molar-refractivity contribution in [2.24, 2.45) is 23.2 Å². The van der Waals surface area contributed by atoms with Crippen molar-refractivity contribution < 1.29 is 9.21 Å². The van der Waals surface area contributed by atoms with Crippen LogP contribution in [0.25, 0.3) is 17.4 Å². The van der Waals surface area contributed by atoms with Gasteiger partial charge < -0.3 is 9.73 Å². The van der Waals surface area contributed by atoms with Crippen LogP contribution in [0, 0.1) is 23.2 Å². The monoisotopic (exact) mass is 502 g/mol. The topological polar surface area (TPSA) is 54.3 Å². The molecule has 33 heavy (non-hydrogen) atoms. The molecule has 1 heterocycles. The maximum atomic E-state index is 12.4. The Kier molecular flexibility index (Phi) is 6.32. The first-order valence-electron chi connectivity index (χ1n) is 11.6. The van der Waals surface area contributed by atoms with Crippen LogP contribution >= 0.6 is 35.4 Å². The third-order valence-corrected chi connectivity index (χ3v) is 8.58. The number of halogens is 2. The molecule has 0 radical (unpaired) electrons. The van der Waals surface area contributed by atoms with Gasteiger partial charge in [0, 0.05) is 22.7 Å². The van der Waals surface area contributed by atoms with Crippen molar-refractivity contribution in [1.29, 1.82) is 0 Å². The number of furan rings is 1. The zero-order chi connectivity index (χ0) is 23.2. The van der Waals surface area contributed by atoms with Gasteiger partial charge >= 0.3 is 0 Å². The molecule has 1 unspecified atom stereocenters. The van der Waals surface area contributed by atoms with E-state index < -0.39 is 0 Å². The summed E-state index contributed by atoms with van der Waals surface area (Å²) in [6, 6.07) is 9.09. The van der Waals surface area contributed by atoms with Crippen LogP contribution in [0.4, 0.5) is 0 Å². The summed E-state index contributed by atoms with van der Waals surface area (Å²) in [5.74, 6) is 3.52. The fourth-order valence-corrected chi connectivity index (χ4v) is 7.46. The van der Waals surface area contributed by atoms with Gasteiger partial charge in [-0.05, 0) is 117 Å². The number of hydrogen-bond donors (Lipinski definition) is 2. The van der Waals surface area contributed by atoms with Gasteiger partial charge in [0.25, 0.3) is 0 Å². The Morgan fingerprint density at radius 2 is 1.79 bits per heavy atom. The molecule has 4 saturated carbocycles. The van der Waals surface area contributed by atoms with Gasteiger partial charge in [-0.25, -0.2) is 0 Å². The van der Waals surface area contributed by atoms with Crippen molar-refractivity contribution >= 4 is 52.5 Å². The van der Waals surface area contributed by atoms with E-state index in [0.29, 0.717) is 32.1 Å². The molecule has 174 valence electrons. The molecule has 7 heteroatoms. The summed E-state index contributed by atoms with van der Waals surface area (Å²) in [5, 5.41) is 7.67. The van der Waals surface area contributed by atoms with Crippen LogP contribution in [-0.2, 0) is 4.79 Å². The molecule has 4 aliphatic rings. The van der Waals surface area contributed by atoms with Crippen molar-refractivity contribution in [3.05, 3.63) is 52.2 Å². The van der Waals surface area contributed by atoms with E-state index in [0.717, 1.165) is 23.3 Å². The number of amides is 1. The Hall–Kier alpha value is -1.82. The van der Waals surface area contributed by atoms with E-state index in [2.05, 4.69) is 17.6 Å². The second-order valence-electron chi connectivity index (χ2n) is 10.1. The first-order chi connectivity index (χ1) is 15.8. The second-order valence-corrected chi connectivity index (χ2v) is 11.4. The summed E-state index contributed by atoms with van der Waals surface area (Å²) >= 11 is 17.7. The number of hydrogen-bond acceptors (Lipinski definition) is 3. The molecular weight excluding hydrogens is 475 g/mol. The van der Waals surface area contributed by atoms with Crippen LogP contribution in [0.2, 0.25) is 10.0 Å². The highest BCUT2D eigenvalue weighted by atomic mass is 35.5. The number of rotatable bonds is 5. The van der Waals surface area contributed by atoms with Crippen LogP contribution in [-0.4, -0.2) is 17.1 Å². The summed E-state index contributed by atoms with van der Waals surface area (Å²) in [6.07, 6.45) is 11.2. The van der Waals surface area contributed by atoms with Crippen molar-refractivity contribution in [3.8, 4) is 11.3 Å². The van der Waals surface area contributed by atoms with Gasteiger partial charge in [0.05, 0.1) is 5.02 Å². The molecule has 0 aliphatic heterocycles. The molecule has 4 bridgehead atoms. The highest BCUT2D eigenvalue weighted by molar-refractivity contribution is 7.80. The third-order valence-electron chi connectivity index (χ3n) is 7.81. The quantitative estimate of drug-likeness (QED) is 0.346. The zero-order valence-electron chi connectivity index (χ0n) is 18.6. The normalized spacial score (nSPS) is 28.8. The Morgan fingerprint density at radius 3 is 2.42 bits per heavy atom. The minimum Gasteiger partial charge on any atom is -0.457 e. The first-order valence-corrected chi connectivity index (χ1v) is 12.8. The third kappa shape index (κ3) is 4.87. The lowest BCUT2D eigenvalue weighted by Crippen LogP contribution is -2.57. The molecule has 0 spiro atoms. The van der Waals surface area contributed by atoms with E-state index in [-0.39, 0.29) is 11.9 Å². The summed E-state index contributed by atoms with van der Waals surface area (Å²) in [5.41, 5.74) is 1.07. The lowest BCUT2D eigenvalue weighted by atomic mass is 9.48. The van der Waals surface area contributed by atoms with Gasteiger partial charge in [-0.1, -0.05) is 23.2 Å². The Balaban J connectivity index is 1.16. The molecule has 1 aromatic carbocycles. The zero-order valence-corrected chi connectivity index (χ0v) is 20.9. The molecule has 4 nitrogen and oxygen atoms in total. The van der Waals surface area contributed by atoms with Crippen molar-refractivity contribution in [3.63, 3.8) is 0 Å². The van der Waals surface area contributed by atoms with Crippen LogP contribution in [0.1, 0.15) is 51.2 Å². The second kappa shape index (κ2) is 9.09. The predicted octanol–water partition coefficient (Wildman–Crippen LogP) is 6.86. The van der Waals surface area contributed by atoms with E-state index in [4.69, 9.17) is 39.8 Å². The number of nitrogens with one attached hydrogen (secondary N) is 2. The largest absolute Gasteiger partial charge is 0.457 e. The number of carbonyl (C=O) groups excluding carboxylic acids is 1. The standard InChI is InChI=1S/C26H28Cl2N2O2S/c1-15(26-12-16-8-17(13-26)10-18(9-16)14-26)29-25(33)30-24(31)7-4-20-3-6-23(32-20)21-5-2-19(27)11-22(21)28/h2-7,11,15-18H,8-10,12-14H2,1H3,(H2,29,30,31,33)/b7-4+. The van der Waals surface area contributed by atoms with E-state index in [1.807, 2.05) is 6.07 Å². The van der Waals surface area contributed by atoms with E-state index in [1.165, 1.54) is 44.6 Å². The molecule has 4 aliphatic carbocycles. The smallest absolute Gasteiger partial charge is 0.250 e. The van der Waals surface area contributed by atoms with Gasteiger partial charge in [0.15, 0.2) is 5.11 Å². The predicted molar refractivity (Wildman–Crippen MR) is 137 cm³/mol. The maximum absolute atomic E-state index is 12.4. The molecule has 2 aromatic rings. The van der Waals surface area contributed by atoms with Crippen LogP contribution < -0.4 is 10.6 Å². The van der Waals surface area contributed by atoms with E-state index in [9.17, 15) is 4.79 Å². The van der Waals surface area contributed by atoms with Crippen molar-refractivity contribution in [2.45, 2.75) is 51.5 Å². The first kappa shape index (κ1) is 22.9. The summed E-state index contributed by atoms with van der Waals surface area (Å²) in [6.45, 7) is 2.23. The molecular formula is C26H28Cl2N2O2S. The highest BCUT2D eigenvalue weighted by Crippen LogP contribution is 2.61. The van der Waals surface area contributed by atoms with E-state index in [1.54, 1.807) is 30.3 Å². The van der Waals surface area contributed by atoms with Crippen LogP contribution in [0.5, 0.6) is 0 Å². The summed E-state index contributed by atoms with van der Waals surface area (Å²) in [7, 11) is 0. The molecule has 0 saturated heterocycles.